The van der Waals surface area contributed by atoms with Gasteiger partial charge in [-0.2, -0.15) is 0 Å². The Balaban J connectivity index is 1.92. The Labute approximate surface area is 118 Å². The third-order valence-corrected chi connectivity index (χ3v) is 5.19. The van der Waals surface area contributed by atoms with E-state index in [1.165, 1.54) is 0 Å². The van der Waals surface area contributed by atoms with E-state index in [1.54, 1.807) is 0 Å². The second-order valence-corrected chi connectivity index (χ2v) is 6.09. The Morgan fingerprint density at radius 3 is 2.62 bits per heavy atom. The number of rotatable bonds is 1. The lowest BCUT2D eigenvalue weighted by Gasteiger charge is -2.70. The molecule has 8 N–H and O–H groups in total. The molecule has 0 radical (unpaired) electrons. The van der Waals surface area contributed by atoms with Gasteiger partial charge in [0.2, 0.25) is 0 Å². The molecule has 10 heteroatoms. The Kier molecular flexibility index (Phi) is 2.38. The monoisotopic (exact) mass is 303 g/mol. The number of hydrogen-bond acceptors (Lipinski definition) is 10. The van der Waals surface area contributed by atoms with Crippen molar-refractivity contribution in [3.05, 3.63) is 0 Å². The lowest BCUT2D eigenvalue weighted by molar-refractivity contribution is -0.544. The van der Waals surface area contributed by atoms with Crippen molar-refractivity contribution >= 4 is 5.96 Å². The lowest BCUT2D eigenvalue weighted by atomic mass is 9.55. The molecule has 0 aromatic heterocycles. The Morgan fingerprint density at radius 2 is 1.95 bits per heavy atom. The molecule has 0 aromatic rings. The van der Waals surface area contributed by atoms with E-state index in [1.807, 2.05) is 0 Å². The van der Waals surface area contributed by atoms with Gasteiger partial charge in [0.1, 0.15) is 29.5 Å². The van der Waals surface area contributed by atoms with Gasteiger partial charge in [0, 0.05) is 5.92 Å². The highest BCUT2D eigenvalue weighted by Crippen LogP contribution is 2.57. The zero-order chi connectivity index (χ0) is 15.2. The average molecular weight is 303 g/mol. The minimum absolute atomic E-state index is 0.00226. The first-order chi connectivity index (χ1) is 9.79. The van der Waals surface area contributed by atoms with Gasteiger partial charge in [0.15, 0.2) is 12.1 Å². The molecule has 5 aliphatic rings. The van der Waals surface area contributed by atoms with Crippen LogP contribution in [0.5, 0.6) is 0 Å². The first kappa shape index (κ1) is 13.6. The van der Waals surface area contributed by atoms with Crippen molar-refractivity contribution < 1.29 is 35.0 Å². The summed E-state index contributed by atoms with van der Waals surface area (Å²) in [6.07, 6.45) is -5.49. The molecule has 4 heterocycles. The molecule has 0 amide bonds. The minimum atomic E-state index is -2.39. The molecule has 1 saturated carbocycles. The summed E-state index contributed by atoms with van der Waals surface area (Å²) in [6.45, 7) is -0.680. The van der Waals surface area contributed by atoms with Crippen molar-refractivity contribution in [2.24, 2.45) is 16.6 Å². The van der Waals surface area contributed by atoms with Gasteiger partial charge in [0.05, 0.1) is 13.2 Å². The summed E-state index contributed by atoms with van der Waals surface area (Å²) in [5.74, 6) is -3.09. The lowest BCUT2D eigenvalue weighted by Crippen LogP contribution is -2.94. The Bertz CT molecular complexity index is 532. The second kappa shape index (κ2) is 3.66. The van der Waals surface area contributed by atoms with Crippen LogP contribution in [0.1, 0.15) is 0 Å². The first-order valence-corrected chi connectivity index (χ1v) is 6.65. The zero-order valence-electron chi connectivity index (χ0n) is 10.9. The molecule has 4 bridgehead atoms. The van der Waals surface area contributed by atoms with Gasteiger partial charge in [-0.25, -0.2) is 0 Å². The number of aliphatic hydroxyl groups excluding tert-OH is 3. The summed E-state index contributed by atoms with van der Waals surface area (Å²) in [5, 5.41) is 54.2. The first-order valence-electron chi connectivity index (χ1n) is 6.65. The summed E-state index contributed by atoms with van der Waals surface area (Å²) in [6, 6.07) is 0. The zero-order valence-corrected chi connectivity index (χ0v) is 10.9. The van der Waals surface area contributed by atoms with Crippen LogP contribution in [0, 0.1) is 5.92 Å². The number of nitrogens with two attached hydrogens (primary N) is 1. The molecular formula is C11H17N3O7. The highest BCUT2D eigenvalue weighted by atomic mass is 16.9. The van der Waals surface area contributed by atoms with Crippen molar-refractivity contribution in [3.8, 4) is 0 Å². The minimum Gasteiger partial charge on any atom is -0.393 e. The van der Waals surface area contributed by atoms with E-state index in [4.69, 9.17) is 15.2 Å². The molecule has 3 saturated heterocycles. The molecular weight excluding hydrogens is 286 g/mol. The predicted molar refractivity (Wildman–Crippen MR) is 64.6 cm³/mol. The number of aliphatic imine (C=N–C) groups is 1. The molecule has 118 valence electrons. The van der Waals surface area contributed by atoms with E-state index in [-0.39, 0.29) is 12.5 Å². The highest BCUT2D eigenvalue weighted by molar-refractivity contribution is 5.80. The summed E-state index contributed by atoms with van der Waals surface area (Å²) in [5.41, 5.74) is 2.26. The smallest absolute Gasteiger partial charge is 0.311 e. The third-order valence-electron chi connectivity index (χ3n) is 5.19. The molecule has 10 nitrogen and oxygen atoms in total. The predicted octanol–water partition coefficient (Wildman–Crippen LogP) is -4.84. The third kappa shape index (κ3) is 1.26. The van der Waals surface area contributed by atoms with E-state index in [9.17, 15) is 25.5 Å². The Morgan fingerprint density at radius 1 is 1.29 bits per heavy atom. The maximum absolute atomic E-state index is 10.6. The fourth-order valence-corrected chi connectivity index (χ4v) is 4.16. The van der Waals surface area contributed by atoms with E-state index < -0.39 is 54.1 Å². The molecule has 4 unspecified atom stereocenters. The van der Waals surface area contributed by atoms with Crippen molar-refractivity contribution in [3.63, 3.8) is 0 Å². The number of nitrogens with one attached hydrogen (secondary N) is 1. The molecule has 21 heavy (non-hydrogen) atoms. The van der Waals surface area contributed by atoms with Crippen LogP contribution in [-0.2, 0) is 9.47 Å². The summed E-state index contributed by atoms with van der Waals surface area (Å²) < 4.78 is 10.4. The van der Waals surface area contributed by atoms with Crippen LogP contribution < -0.4 is 11.1 Å². The molecule has 5 rings (SSSR count). The van der Waals surface area contributed by atoms with Crippen molar-refractivity contribution in [1.29, 1.82) is 0 Å². The molecule has 4 aliphatic heterocycles. The van der Waals surface area contributed by atoms with Crippen LogP contribution in [-0.4, -0.2) is 86.2 Å². The number of hydrogen-bond donors (Lipinski definition) is 7. The normalized spacial score (nSPS) is 61.2. The number of guanidine groups is 1. The van der Waals surface area contributed by atoms with E-state index in [0.717, 1.165) is 0 Å². The van der Waals surface area contributed by atoms with Crippen molar-refractivity contribution in [2.45, 2.75) is 41.5 Å². The van der Waals surface area contributed by atoms with Gasteiger partial charge in [0.25, 0.3) is 0 Å². The number of aliphatic hydroxyl groups is 5. The van der Waals surface area contributed by atoms with Crippen LogP contribution in [0.25, 0.3) is 0 Å². The summed E-state index contributed by atoms with van der Waals surface area (Å²) >= 11 is 0. The van der Waals surface area contributed by atoms with Crippen LogP contribution in [0.2, 0.25) is 0 Å². The Hall–Kier alpha value is -1.01. The molecule has 8 atom stereocenters. The molecule has 1 aliphatic carbocycles. The summed E-state index contributed by atoms with van der Waals surface area (Å²) in [7, 11) is 0. The average Bonchev–Trinajstić information content (AvgIpc) is 2.45. The fraction of sp³-hybridized carbons (Fsp3) is 0.909. The van der Waals surface area contributed by atoms with Crippen LogP contribution in [0.3, 0.4) is 0 Å². The van der Waals surface area contributed by atoms with Crippen LogP contribution in [0.4, 0.5) is 0 Å². The maximum Gasteiger partial charge on any atom is 0.311 e. The topological polar surface area (TPSA) is 170 Å². The molecule has 0 aromatic carbocycles. The van der Waals surface area contributed by atoms with Gasteiger partial charge in [-0.15, -0.1) is 0 Å². The standard InChI is InChI=1S/C11H17N3O7/c12-8-13-1-3-5-9(18,2-15)6-4(16)10(3,14-8)7(17)11(19,20-5)21-6/h3-7,15-19H,1-2H2,(H3,12,13,14)/t3?,4-,5?,6?,7+,9+,10-,11?/m1/s1. The van der Waals surface area contributed by atoms with Gasteiger partial charge in [-0.1, -0.05) is 0 Å². The summed E-state index contributed by atoms with van der Waals surface area (Å²) in [4.78, 5) is 3.99. The number of ether oxygens (including phenoxy) is 2. The molecule has 4 fully saturated rings. The fourth-order valence-electron chi connectivity index (χ4n) is 4.16. The van der Waals surface area contributed by atoms with E-state index in [2.05, 4.69) is 10.3 Å². The van der Waals surface area contributed by atoms with E-state index >= 15 is 0 Å². The van der Waals surface area contributed by atoms with E-state index in [0.29, 0.717) is 0 Å². The second-order valence-electron chi connectivity index (χ2n) is 6.09. The SMILES string of the molecule is NC1=NCC2C3OC4(O)OC([C@@H](O)[C@@]2(N1)[C@@H]4O)[C@]3(O)CO. The largest absolute Gasteiger partial charge is 0.393 e. The number of nitrogens with zero attached hydrogens (tertiary/aromatic N) is 1. The molecule has 1 spiro atoms. The van der Waals surface area contributed by atoms with Gasteiger partial charge < -0.3 is 46.1 Å². The van der Waals surface area contributed by atoms with Gasteiger partial charge >= 0.3 is 5.97 Å². The van der Waals surface area contributed by atoms with Crippen molar-refractivity contribution in [1.82, 2.24) is 5.32 Å². The van der Waals surface area contributed by atoms with Gasteiger partial charge in [-0.05, 0) is 0 Å². The van der Waals surface area contributed by atoms with Crippen molar-refractivity contribution in [2.75, 3.05) is 13.2 Å². The quantitative estimate of drug-likeness (QED) is 0.251. The van der Waals surface area contributed by atoms with Crippen LogP contribution >= 0.6 is 0 Å². The highest BCUT2D eigenvalue weighted by Gasteiger charge is 2.81. The van der Waals surface area contributed by atoms with Gasteiger partial charge in [-0.3, -0.25) is 4.99 Å². The maximum atomic E-state index is 10.6. The van der Waals surface area contributed by atoms with Crippen LogP contribution in [0.15, 0.2) is 4.99 Å².